The van der Waals surface area contributed by atoms with Crippen LogP contribution in [0.15, 0.2) is 0 Å². The molecule has 0 aromatic rings. The number of likely N-dealkylation sites (tertiary alicyclic amines) is 1. The zero-order chi connectivity index (χ0) is 10.0. The van der Waals surface area contributed by atoms with Gasteiger partial charge in [0.1, 0.15) is 0 Å². The first-order chi connectivity index (χ1) is 6.07. The Morgan fingerprint density at radius 3 is 2.69 bits per heavy atom. The lowest BCUT2D eigenvalue weighted by Gasteiger charge is -2.10. The maximum Gasteiger partial charge on any atom is 0.423 e. The molecule has 0 saturated carbocycles. The smallest absolute Gasteiger partial charge is 0.423 e. The highest BCUT2D eigenvalue weighted by Crippen LogP contribution is 2.12. The summed E-state index contributed by atoms with van der Waals surface area (Å²) in [6, 6.07) is -0.906. The van der Waals surface area contributed by atoms with Gasteiger partial charge in [-0.1, -0.05) is 0 Å². The van der Waals surface area contributed by atoms with Crippen LogP contribution in [0.1, 0.15) is 13.3 Å². The molecule has 2 N–H and O–H groups in total. The lowest BCUT2D eigenvalue weighted by molar-refractivity contribution is -0.136. The van der Waals surface area contributed by atoms with E-state index in [2.05, 4.69) is 4.74 Å². The van der Waals surface area contributed by atoms with Crippen molar-refractivity contribution < 1.29 is 19.1 Å². The molecule has 72 valence electrons. The van der Waals surface area contributed by atoms with Crippen LogP contribution in [0.5, 0.6) is 0 Å². The van der Waals surface area contributed by atoms with Crippen molar-refractivity contribution in [2.45, 2.75) is 19.4 Å². The third-order valence-corrected chi connectivity index (χ3v) is 1.63. The van der Waals surface area contributed by atoms with Gasteiger partial charge < -0.3 is 10.5 Å². The number of carbonyl (C=O) groups excluding carboxylic acids is 3. The van der Waals surface area contributed by atoms with Crippen LogP contribution in [0.25, 0.3) is 0 Å². The molecule has 0 bridgehead atoms. The fraction of sp³-hybridized carbons (Fsp3) is 0.571. The molecule has 1 rings (SSSR count). The van der Waals surface area contributed by atoms with Crippen molar-refractivity contribution in [3.8, 4) is 0 Å². The number of rotatable bonds is 1. The molecular weight excluding hydrogens is 176 g/mol. The lowest BCUT2D eigenvalue weighted by atomic mass is 10.3. The monoisotopic (exact) mass is 186 g/mol. The van der Waals surface area contributed by atoms with E-state index in [4.69, 9.17) is 5.73 Å². The Labute approximate surface area is 74.6 Å². The summed E-state index contributed by atoms with van der Waals surface area (Å²) in [5.74, 6) is -1.29. The first-order valence-electron chi connectivity index (χ1n) is 3.87. The fourth-order valence-electron chi connectivity index (χ4n) is 1.04. The summed E-state index contributed by atoms with van der Waals surface area (Å²) >= 11 is 0. The fourth-order valence-corrected chi connectivity index (χ4v) is 1.04. The third-order valence-electron chi connectivity index (χ3n) is 1.63. The van der Waals surface area contributed by atoms with Crippen molar-refractivity contribution in [2.24, 2.45) is 5.73 Å². The first kappa shape index (κ1) is 9.66. The summed E-state index contributed by atoms with van der Waals surface area (Å²) < 4.78 is 4.50. The van der Waals surface area contributed by atoms with Gasteiger partial charge >= 0.3 is 6.09 Å². The van der Waals surface area contributed by atoms with Crippen LogP contribution in [0, 0.1) is 0 Å². The van der Waals surface area contributed by atoms with Gasteiger partial charge in [-0.25, -0.2) is 4.79 Å². The number of hydrogen-bond donors (Lipinski definition) is 1. The van der Waals surface area contributed by atoms with E-state index in [0.29, 0.717) is 4.90 Å². The molecule has 0 aliphatic carbocycles. The molecule has 1 atom stereocenters. The maximum atomic E-state index is 11.1. The van der Waals surface area contributed by atoms with Gasteiger partial charge in [-0.05, 0) is 6.92 Å². The van der Waals surface area contributed by atoms with E-state index < -0.39 is 23.9 Å². The second-order valence-electron chi connectivity index (χ2n) is 2.58. The zero-order valence-electron chi connectivity index (χ0n) is 7.15. The molecule has 1 aliphatic rings. The lowest BCUT2D eigenvalue weighted by Crippen LogP contribution is -2.40. The van der Waals surface area contributed by atoms with Crippen molar-refractivity contribution in [1.29, 1.82) is 0 Å². The van der Waals surface area contributed by atoms with Gasteiger partial charge in [-0.2, -0.15) is 4.90 Å². The molecule has 1 heterocycles. The standard InChI is InChI=1S/C7H10N2O4/c1-2-13-7(12)9-5(10)3-4(8)6(9)11/h4H,2-3,8H2,1H3/t4-/m0/s1. The van der Waals surface area contributed by atoms with Crippen LogP contribution in [0.4, 0.5) is 4.79 Å². The van der Waals surface area contributed by atoms with E-state index in [1.807, 2.05) is 0 Å². The molecule has 0 aromatic carbocycles. The van der Waals surface area contributed by atoms with Gasteiger partial charge in [0.05, 0.1) is 19.1 Å². The van der Waals surface area contributed by atoms with E-state index in [-0.39, 0.29) is 13.0 Å². The minimum Gasteiger partial charge on any atom is -0.449 e. The minimum absolute atomic E-state index is 0.116. The number of ether oxygens (including phenoxy) is 1. The van der Waals surface area contributed by atoms with Gasteiger partial charge in [-0.15, -0.1) is 0 Å². The molecule has 0 aromatic heterocycles. The average molecular weight is 186 g/mol. The Balaban J connectivity index is 2.74. The van der Waals surface area contributed by atoms with E-state index in [0.717, 1.165) is 0 Å². The van der Waals surface area contributed by atoms with Crippen LogP contribution < -0.4 is 5.73 Å². The molecular formula is C7H10N2O4. The van der Waals surface area contributed by atoms with Crippen LogP contribution in [-0.2, 0) is 14.3 Å². The quantitative estimate of drug-likeness (QED) is 0.543. The highest BCUT2D eigenvalue weighted by molar-refractivity contribution is 6.15. The summed E-state index contributed by atoms with van der Waals surface area (Å²) in [7, 11) is 0. The van der Waals surface area contributed by atoms with Crippen molar-refractivity contribution in [2.75, 3.05) is 6.61 Å². The zero-order valence-corrected chi connectivity index (χ0v) is 7.15. The third kappa shape index (κ3) is 1.67. The Kier molecular flexibility index (Phi) is 2.62. The van der Waals surface area contributed by atoms with E-state index in [9.17, 15) is 14.4 Å². The summed E-state index contributed by atoms with van der Waals surface area (Å²) in [6.45, 7) is 1.70. The number of hydrogen-bond acceptors (Lipinski definition) is 5. The van der Waals surface area contributed by atoms with Crippen LogP contribution in [-0.4, -0.2) is 35.5 Å². The van der Waals surface area contributed by atoms with Gasteiger partial charge in [0, 0.05) is 0 Å². The second kappa shape index (κ2) is 3.53. The van der Waals surface area contributed by atoms with Gasteiger partial charge in [0.25, 0.3) is 5.91 Å². The van der Waals surface area contributed by atoms with Crippen LogP contribution in [0.2, 0.25) is 0 Å². The van der Waals surface area contributed by atoms with Crippen LogP contribution >= 0.6 is 0 Å². The molecule has 1 aliphatic heterocycles. The van der Waals surface area contributed by atoms with E-state index >= 15 is 0 Å². The van der Waals surface area contributed by atoms with Crippen LogP contribution in [0.3, 0.4) is 0 Å². The number of imide groups is 3. The Hall–Kier alpha value is -1.43. The molecule has 0 radical (unpaired) electrons. The predicted molar refractivity (Wildman–Crippen MR) is 41.5 cm³/mol. The predicted octanol–water partition coefficient (Wildman–Crippen LogP) is -0.771. The second-order valence-corrected chi connectivity index (χ2v) is 2.58. The number of carbonyl (C=O) groups is 3. The largest absolute Gasteiger partial charge is 0.449 e. The number of nitrogens with two attached hydrogens (primary N) is 1. The molecule has 3 amide bonds. The minimum atomic E-state index is -0.939. The van der Waals surface area contributed by atoms with Gasteiger partial charge in [0.15, 0.2) is 0 Å². The Morgan fingerprint density at radius 2 is 2.31 bits per heavy atom. The highest BCUT2D eigenvalue weighted by Gasteiger charge is 2.41. The van der Waals surface area contributed by atoms with Crippen molar-refractivity contribution in [3.05, 3.63) is 0 Å². The average Bonchev–Trinajstić information content (AvgIpc) is 2.27. The van der Waals surface area contributed by atoms with Gasteiger partial charge in [0.2, 0.25) is 5.91 Å². The van der Waals surface area contributed by atoms with Gasteiger partial charge in [-0.3, -0.25) is 9.59 Å². The molecule has 1 fully saturated rings. The molecule has 0 spiro atoms. The Morgan fingerprint density at radius 1 is 1.69 bits per heavy atom. The summed E-state index contributed by atoms with van der Waals surface area (Å²) in [5.41, 5.74) is 5.27. The molecule has 1 saturated heterocycles. The topological polar surface area (TPSA) is 89.7 Å². The summed E-state index contributed by atoms with van der Waals surface area (Å²) in [6.07, 6.45) is -1.07. The summed E-state index contributed by atoms with van der Waals surface area (Å²) in [5, 5.41) is 0. The molecule has 6 heteroatoms. The maximum absolute atomic E-state index is 11.1. The molecule has 0 unspecified atom stereocenters. The highest BCUT2D eigenvalue weighted by atomic mass is 16.6. The number of amides is 3. The van der Waals surface area contributed by atoms with Crippen molar-refractivity contribution in [1.82, 2.24) is 4.90 Å². The summed E-state index contributed by atoms with van der Waals surface area (Å²) in [4.78, 5) is 33.6. The normalized spacial score (nSPS) is 22.3. The Bertz CT molecular complexity index is 263. The van der Waals surface area contributed by atoms with Crippen molar-refractivity contribution >= 4 is 17.9 Å². The SMILES string of the molecule is CCOC(=O)N1C(=O)C[C@H](N)C1=O. The number of nitrogens with zero attached hydrogens (tertiary/aromatic N) is 1. The first-order valence-corrected chi connectivity index (χ1v) is 3.87. The molecule has 6 nitrogen and oxygen atoms in total. The molecule has 13 heavy (non-hydrogen) atoms. The van der Waals surface area contributed by atoms with E-state index in [1.54, 1.807) is 6.92 Å². The van der Waals surface area contributed by atoms with Crippen molar-refractivity contribution in [3.63, 3.8) is 0 Å². The van der Waals surface area contributed by atoms with E-state index in [1.165, 1.54) is 0 Å².